The van der Waals surface area contributed by atoms with E-state index in [1.165, 1.54) is 4.90 Å². The number of hydrogen-bond donors (Lipinski definition) is 4. The number of aromatic nitrogens is 1. The summed E-state index contributed by atoms with van der Waals surface area (Å²) in [6, 6.07) is 5.15. The lowest BCUT2D eigenvalue weighted by Gasteiger charge is -2.47. The fourth-order valence-electron chi connectivity index (χ4n) is 9.01. The lowest BCUT2D eigenvalue weighted by molar-refractivity contribution is -0.145. The molecule has 0 spiro atoms. The third kappa shape index (κ3) is 9.38. The number of sulfonamides is 1. The van der Waals surface area contributed by atoms with Crippen molar-refractivity contribution in [3.05, 3.63) is 48.6 Å². The van der Waals surface area contributed by atoms with Crippen LogP contribution in [0.1, 0.15) is 95.5 Å². The van der Waals surface area contributed by atoms with E-state index in [1.54, 1.807) is 24.2 Å². The van der Waals surface area contributed by atoms with Crippen LogP contribution in [0.2, 0.25) is 0 Å². The number of carbonyl (C=O) groups is 4. The summed E-state index contributed by atoms with van der Waals surface area (Å²) in [5.41, 5.74) is -0.295. The zero-order chi connectivity index (χ0) is 41.7. The first-order chi connectivity index (χ1) is 28.5. The SMILES string of the molecule is C=C[C@@H]1CC[C@]1(NC(=O)[C@@H]1CC(Oc2nc3cc(OC)ccc3cc2/C=C/CCCO)CN1C(=O)[C@@H](NC(=O)N1CCCC1)C1CCCCC1)C(=O)NS(=O)(=O)C1CC1. The molecule has 5 fully saturated rings. The van der Waals surface area contributed by atoms with Crippen LogP contribution in [0.5, 0.6) is 11.6 Å². The monoisotopic (exact) mass is 834 g/mol. The fraction of sp³-hybridized carbons (Fsp3) is 0.605. The molecule has 1 unspecified atom stereocenters. The van der Waals surface area contributed by atoms with Gasteiger partial charge < -0.3 is 35.0 Å². The van der Waals surface area contributed by atoms with Crippen molar-refractivity contribution in [2.75, 3.05) is 33.4 Å². The molecule has 7 rings (SSSR count). The summed E-state index contributed by atoms with van der Waals surface area (Å²) in [6.45, 7) is 5.13. The minimum Gasteiger partial charge on any atom is -0.497 e. The molecule has 3 aliphatic carbocycles. The van der Waals surface area contributed by atoms with Crippen LogP contribution >= 0.6 is 0 Å². The van der Waals surface area contributed by atoms with Crippen molar-refractivity contribution >= 4 is 50.8 Å². The number of fused-ring (bicyclic) bond motifs is 1. The molecule has 15 nitrogen and oxygen atoms in total. The second-order valence-electron chi connectivity index (χ2n) is 16.7. The van der Waals surface area contributed by atoms with E-state index < -0.39 is 62.6 Å². The number of likely N-dealkylation sites (tertiary alicyclic amines) is 2. The molecule has 5 aliphatic rings. The average Bonchev–Trinajstić information content (AvgIpc) is 3.79. The summed E-state index contributed by atoms with van der Waals surface area (Å²) >= 11 is 0. The Morgan fingerprint density at radius 1 is 1.05 bits per heavy atom. The number of amides is 5. The number of aliphatic hydroxyl groups excluding tert-OH is 1. The minimum atomic E-state index is -3.92. The Hall–Kier alpha value is -4.70. The summed E-state index contributed by atoms with van der Waals surface area (Å²) in [6.07, 6.45) is 13.6. The number of hydrogen-bond acceptors (Lipinski definition) is 10. The Morgan fingerprint density at radius 2 is 1.81 bits per heavy atom. The summed E-state index contributed by atoms with van der Waals surface area (Å²) in [5, 5.41) is 15.6. The second-order valence-corrected chi connectivity index (χ2v) is 18.7. The van der Waals surface area contributed by atoms with E-state index in [0.717, 1.165) is 50.3 Å². The zero-order valence-electron chi connectivity index (χ0n) is 33.9. The van der Waals surface area contributed by atoms with Crippen molar-refractivity contribution in [2.45, 2.75) is 119 Å². The van der Waals surface area contributed by atoms with Gasteiger partial charge in [-0.25, -0.2) is 18.2 Å². The average molecular weight is 835 g/mol. The molecule has 2 aromatic rings. The molecule has 59 heavy (non-hydrogen) atoms. The fourth-order valence-corrected chi connectivity index (χ4v) is 10.4. The van der Waals surface area contributed by atoms with Crippen LogP contribution in [0.4, 0.5) is 4.79 Å². The molecule has 4 N–H and O–H groups in total. The van der Waals surface area contributed by atoms with Crippen LogP contribution in [0.3, 0.4) is 0 Å². The maximum Gasteiger partial charge on any atom is 0.318 e. The molecular weight excluding hydrogens is 777 g/mol. The molecule has 2 aliphatic heterocycles. The summed E-state index contributed by atoms with van der Waals surface area (Å²) in [5.74, 6) is -1.62. The molecule has 3 saturated carbocycles. The van der Waals surface area contributed by atoms with Gasteiger partial charge in [0.05, 0.1) is 24.4 Å². The Kier molecular flexibility index (Phi) is 13.1. The quantitative estimate of drug-likeness (QED) is 0.141. The van der Waals surface area contributed by atoms with Gasteiger partial charge in [-0.1, -0.05) is 37.5 Å². The van der Waals surface area contributed by atoms with E-state index in [2.05, 4.69) is 21.9 Å². The van der Waals surface area contributed by atoms with Crippen LogP contribution in [0, 0.1) is 11.8 Å². The molecule has 16 heteroatoms. The molecular formula is C43H58N6O9S. The normalized spacial score (nSPS) is 25.4. The highest BCUT2D eigenvalue weighted by molar-refractivity contribution is 7.91. The number of nitrogens with one attached hydrogen (secondary N) is 3. The number of pyridine rings is 1. The van der Waals surface area contributed by atoms with Gasteiger partial charge in [-0.3, -0.25) is 19.1 Å². The second kappa shape index (κ2) is 18.3. The Bertz CT molecular complexity index is 2050. The smallest absolute Gasteiger partial charge is 0.318 e. The summed E-state index contributed by atoms with van der Waals surface area (Å²) in [4.78, 5) is 65.3. The summed E-state index contributed by atoms with van der Waals surface area (Å²) in [7, 11) is -2.35. The first-order valence-corrected chi connectivity index (χ1v) is 22.8. The van der Waals surface area contributed by atoms with Crippen molar-refractivity contribution in [1.82, 2.24) is 30.1 Å². The highest BCUT2D eigenvalue weighted by Gasteiger charge is 2.56. The van der Waals surface area contributed by atoms with Gasteiger partial charge in [-0.05, 0) is 88.3 Å². The van der Waals surface area contributed by atoms with E-state index in [-0.39, 0.29) is 43.8 Å². The largest absolute Gasteiger partial charge is 0.497 e. The number of benzene rings is 1. The minimum absolute atomic E-state index is 0.00857. The van der Waals surface area contributed by atoms with Crippen molar-refractivity contribution < 1.29 is 42.2 Å². The van der Waals surface area contributed by atoms with Gasteiger partial charge in [0, 0.05) is 49.1 Å². The first-order valence-electron chi connectivity index (χ1n) is 21.3. The third-order valence-electron chi connectivity index (χ3n) is 12.7. The molecule has 0 bridgehead atoms. The molecule has 1 aromatic heterocycles. The van der Waals surface area contributed by atoms with E-state index >= 15 is 4.79 Å². The molecule has 320 valence electrons. The molecule has 0 radical (unpaired) electrons. The van der Waals surface area contributed by atoms with Gasteiger partial charge in [-0.2, -0.15) is 0 Å². The van der Waals surface area contributed by atoms with Crippen LogP contribution in [-0.4, -0.2) is 114 Å². The van der Waals surface area contributed by atoms with Gasteiger partial charge in [0.15, 0.2) is 0 Å². The molecule has 1 aromatic carbocycles. The van der Waals surface area contributed by atoms with Crippen LogP contribution in [0.25, 0.3) is 17.0 Å². The maximum atomic E-state index is 15.0. The zero-order valence-corrected chi connectivity index (χ0v) is 34.7. The van der Waals surface area contributed by atoms with Crippen LogP contribution in [0.15, 0.2) is 43.0 Å². The molecule has 5 atom stereocenters. The number of allylic oxidation sites excluding steroid dienone is 1. The Balaban J connectivity index is 1.21. The number of carbonyl (C=O) groups excluding carboxylic acids is 4. The molecule has 2 saturated heterocycles. The number of aliphatic hydroxyl groups is 1. The van der Waals surface area contributed by atoms with Gasteiger partial charge in [0.2, 0.25) is 27.7 Å². The van der Waals surface area contributed by atoms with E-state index in [4.69, 9.17) is 14.5 Å². The topological polar surface area (TPSA) is 197 Å². The van der Waals surface area contributed by atoms with E-state index in [9.17, 15) is 27.9 Å². The van der Waals surface area contributed by atoms with Crippen molar-refractivity contribution in [2.24, 2.45) is 11.8 Å². The third-order valence-corrected chi connectivity index (χ3v) is 14.6. The predicted molar refractivity (Wildman–Crippen MR) is 222 cm³/mol. The molecule has 3 heterocycles. The number of unbranched alkanes of at least 4 members (excludes halogenated alkanes) is 1. The highest BCUT2D eigenvalue weighted by Crippen LogP contribution is 2.41. The van der Waals surface area contributed by atoms with Crippen molar-refractivity contribution in [3.8, 4) is 11.6 Å². The standard InChI is InChI=1S/C43H58N6O9S/c1-3-31-19-20-43(31,41(53)47-59(55,56)34-17-18-34)46-38(51)36-26-33(58-39-30(14-8-5-11-23-50)24-29-15-16-32(57-2)25-35(29)44-39)27-49(36)40(52)37(28-12-6-4-7-13-28)45-42(54)48-21-9-10-22-48/h3,8,14-16,24-25,28,31,33-34,36-37,50H,1,4-7,9-13,17-23,26-27H2,2H3,(H,45,54)(H,46,51)(H,47,53)/b14-8+/t31-,33?,36+,37+,43-/m1/s1. The number of ether oxygens (including phenoxy) is 2. The van der Waals surface area contributed by atoms with E-state index in [0.29, 0.717) is 62.0 Å². The van der Waals surface area contributed by atoms with Gasteiger partial charge >= 0.3 is 6.03 Å². The lowest BCUT2D eigenvalue weighted by Crippen LogP contribution is -2.70. The maximum absolute atomic E-state index is 15.0. The van der Waals surface area contributed by atoms with Gasteiger partial charge in [0.25, 0.3) is 5.91 Å². The Labute approximate surface area is 346 Å². The van der Waals surface area contributed by atoms with Gasteiger partial charge in [0.1, 0.15) is 29.5 Å². The van der Waals surface area contributed by atoms with Crippen LogP contribution < -0.4 is 24.8 Å². The lowest BCUT2D eigenvalue weighted by atomic mass is 9.66. The predicted octanol–water partition coefficient (Wildman–Crippen LogP) is 4.19. The van der Waals surface area contributed by atoms with E-state index in [1.807, 2.05) is 30.4 Å². The Morgan fingerprint density at radius 3 is 2.47 bits per heavy atom. The van der Waals surface area contributed by atoms with Gasteiger partial charge in [-0.15, -0.1) is 6.58 Å². The number of nitrogens with zero attached hydrogens (tertiary/aromatic N) is 3. The summed E-state index contributed by atoms with van der Waals surface area (Å²) < 4.78 is 40.2. The number of methoxy groups -OCH3 is 1. The van der Waals surface area contributed by atoms with Crippen LogP contribution in [-0.2, 0) is 24.4 Å². The van der Waals surface area contributed by atoms with Crippen molar-refractivity contribution in [1.29, 1.82) is 0 Å². The highest BCUT2D eigenvalue weighted by atomic mass is 32.2. The number of rotatable bonds is 16. The van der Waals surface area contributed by atoms with Crippen molar-refractivity contribution in [3.63, 3.8) is 0 Å². The molecule has 5 amide bonds. The first kappa shape index (κ1) is 42.4. The number of urea groups is 1.